The average Bonchev–Trinajstić information content (AvgIpc) is 3.09. The van der Waals surface area contributed by atoms with Gasteiger partial charge in [-0.25, -0.2) is 4.98 Å². The van der Waals surface area contributed by atoms with Crippen LogP contribution in [0, 0.1) is 0 Å². The van der Waals surface area contributed by atoms with E-state index in [1.807, 2.05) is 22.8 Å². The van der Waals surface area contributed by atoms with Gasteiger partial charge in [0.2, 0.25) is 0 Å². The molecule has 1 aromatic heterocycles. The van der Waals surface area contributed by atoms with Crippen molar-refractivity contribution in [3.63, 3.8) is 0 Å². The molecule has 30 heavy (non-hydrogen) atoms. The van der Waals surface area contributed by atoms with E-state index in [1.54, 1.807) is 0 Å². The van der Waals surface area contributed by atoms with Crippen LogP contribution in [0.15, 0.2) is 53.3 Å². The number of hydrogen-bond acceptors (Lipinski definition) is 4. The van der Waals surface area contributed by atoms with Crippen molar-refractivity contribution >= 4 is 16.6 Å². The number of anilines is 1. The van der Waals surface area contributed by atoms with Crippen molar-refractivity contribution in [1.82, 2.24) is 14.5 Å². The molecule has 2 aromatic carbocycles. The number of hydrogen-bond donors (Lipinski definition) is 0. The summed E-state index contributed by atoms with van der Waals surface area (Å²) in [5.74, 6) is 0.812. The Morgan fingerprint density at radius 2 is 1.63 bits per heavy atom. The summed E-state index contributed by atoms with van der Waals surface area (Å²) in [5.41, 5.74) is 3.13. The van der Waals surface area contributed by atoms with Gasteiger partial charge in [-0.15, -0.1) is 0 Å². The molecule has 5 nitrogen and oxygen atoms in total. The summed E-state index contributed by atoms with van der Waals surface area (Å²) in [4.78, 5) is 23.8. The van der Waals surface area contributed by atoms with Crippen LogP contribution < -0.4 is 10.5 Å². The van der Waals surface area contributed by atoms with Gasteiger partial charge >= 0.3 is 0 Å². The standard InChI is InChI=1S/C25H28N4O/c30-25-22-17-21(28-16-15-27-13-11-19(28)12-14-27)9-10-23(22)26-24(18-5-2-1-3-6-18)29(25)20-7-4-8-20/h1-3,5-6,9-10,17,19-20H,4,7-8,11-16H2. The summed E-state index contributed by atoms with van der Waals surface area (Å²) >= 11 is 0. The molecule has 4 fully saturated rings. The molecule has 3 saturated heterocycles. The van der Waals surface area contributed by atoms with Gasteiger partial charge in [0, 0.05) is 49.5 Å². The largest absolute Gasteiger partial charge is 0.367 e. The van der Waals surface area contributed by atoms with Gasteiger partial charge in [0.15, 0.2) is 0 Å². The molecule has 0 unspecified atom stereocenters. The molecule has 1 saturated carbocycles. The first kappa shape index (κ1) is 18.1. The van der Waals surface area contributed by atoms with Crippen LogP contribution in [0.3, 0.4) is 0 Å². The van der Waals surface area contributed by atoms with Gasteiger partial charge in [-0.3, -0.25) is 9.36 Å². The van der Waals surface area contributed by atoms with Gasteiger partial charge in [-0.2, -0.15) is 0 Å². The first-order chi connectivity index (χ1) is 14.8. The molecule has 1 aliphatic carbocycles. The van der Waals surface area contributed by atoms with Gasteiger partial charge in [-0.05, 0) is 50.3 Å². The van der Waals surface area contributed by atoms with E-state index in [1.165, 1.54) is 38.0 Å². The molecule has 0 atom stereocenters. The van der Waals surface area contributed by atoms with Crippen LogP contribution in [0.1, 0.15) is 38.1 Å². The Labute approximate surface area is 176 Å². The van der Waals surface area contributed by atoms with E-state index in [0.717, 1.165) is 48.2 Å². The van der Waals surface area contributed by atoms with Crippen LogP contribution in [-0.4, -0.2) is 46.7 Å². The number of piperidine rings is 1. The molecule has 2 bridgehead atoms. The summed E-state index contributed by atoms with van der Waals surface area (Å²) in [5, 5.41) is 0.762. The fraction of sp³-hybridized carbons (Fsp3) is 0.440. The minimum absolute atomic E-state index is 0.119. The maximum absolute atomic E-state index is 13.7. The van der Waals surface area contributed by atoms with Gasteiger partial charge in [-0.1, -0.05) is 30.3 Å². The molecule has 5 heteroatoms. The van der Waals surface area contributed by atoms with E-state index >= 15 is 0 Å². The number of aromatic nitrogens is 2. The highest BCUT2D eigenvalue weighted by molar-refractivity contribution is 5.83. The van der Waals surface area contributed by atoms with E-state index in [4.69, 9.17) is 4.98 Å². The second-order valence-electron chi connectivity index (χ2n) is 9.03. The Morgan fingerprint density at radius 1 is 0.833 bits per heavy atom. The van der Waals surface area contributed by atoms with Gasteiger partial charge in [0.1, 0.15) is 5.82 Å². The quantitative estimate of drug-likeness (QED) is 0.665. The zero-order chi connectivity index (χ0) is 20.1. The zero-order valence-electron chi connectivity index (χ0n) is 17.3. The lowest BCUT2D eigenvalue weighted by Gasteiger charge is -2.33. The van der Waals surface area contributed by atoms with Crippen molar-refractivity contribution in [2.45, 2.75) is 44.2 Å². The zero-order valence-corrected chi connectivity index (χ0v) is 17.3. The molecule has 0 spiro atoms. The third kappa shape index (κ3) is 2.95. The SMILES string of the molecule is O=c1c2cc(N3CCN4CCC3CC4)ccc2nc(-c2ccccc2)n1C1CCC1. The predicted octanol–water partition coefficient (Wildman–Crippen LogP) is 4.07. The van der Waals surface area contributed by atoms with Crippen LogP contribution in [0.5, 0.6) is 0 Å². The Kier molecular flexibility index (Phi) is 4.38. The normalized spacial score (nSPS) is 24.1. The second-order valence-corrected chi connectivity index (χ2v) is 9.03. The van der Waals surface area contributed by atoms with E-state index < -0.39 is 0 Å². The van der Waals surface area contributed by atoms with Gasteiger partial charge < -0.3 is 9.80 Å². The summed E-state index contributed by atoms with van der Waals surface area (Å²) in [6.45, 7) is 4.56. The summed E-state index contributed by atoms with van der Waals surface area (Å²) in [6.07, 6.45) is 5.76. The molecule has 4 aliphatic rings. The first-order valence-corrected chi connectivity index (χ1v) is 11.4. The summed E-state index contributed by atoms with van der Waals surface area (Å²) in [6, 6.07) is 17.4. The minimum Gasteiger partial charge on any atom is -0.367 e. The van der Waals surface area contributed by atoms with E-state index in [0.29, 0.717) is 6.04 Å². The molecule has 4 heterocycles. The van der Waals surface area contributed by atoms with Crippen LogP contribution in [0.25, 0.3) is 22.3 Å². The molecular formula is C25H28N4O. The number of rotatable bonds is 3. The number of fused-ring (bicyclic) bond motifs is 5. The smallest absolute Gasteiger partial charge is 0.261 e. The molecule has 0 N–H and O–H groups in total. The van der Waals surface area contributed by atoms with Crippen molar-refractivity contribution in [1.29, 1.82) is 0 Å². The topological polar surface area (TPSA) is 41.4 Å². The molecule has 3 aromatic rings. The van der Waals surface area contributed by atoms with Crippen LogP contribution in [0.2, 0.25) is 0 Å². The van der Waals surface area contributed by atoms with Crippen molar-refractivity contribution in [3.05, 3.63) is 58.9 Å². The lowest BCUT2D eigenvalue weighted by Crippen LogP contribution is -2.38. The molecule has 0 radical (unpaired) electrons. The van der Waals surface area contributed by atoms with Gasteiger partial charge in [0.05, 0.1) is 10.9 Å². The molecule has 154 valence electrons. The Balaban J connectivity index is 1.49. The third-order valence-corrected chi connectivity index (χ3v) is 7.34. The van der Waals surface area contributed by atoms with Gasteiger partial charge in [0.25, 0.3) is 5.56 Å². The number of benzene rings is 2. The second kappa shape index (κ2) is 7.24. The fourth-order valence-electron chi connectivity index (χ4n) is 5.37. The molecule has 3 aliphatic heterocycles. The maximum atomic E-state index is 13.7. The van der Waals surface area contributed by atoms with Crippen molar-refractivity contribution in [2.24, 2.45) is 0 Å². The lowest BCUT2D eigenvalue weighted by molar-refractivity contribution is 0.250. The predicted molar refractivity (Wildman–Crippen MR) is 121 cm³/mol. The maximum Gasteiger partial charge on any atom is 0.261 e. The third-order valence-electron chi connectivity index (χ3n) is 7.34. The monoisotopic (exact) mass is 400 g/mol. The van der Waals surface area contributed by atoms with Crippen LogP contribution in [-0.2, 0) is 0 Å². The Bertz CT molecular complexity index is 1130. The minimum atomic E-state index is 0.119. The molecular weight excluding hydrogens is 372 g/mol. The average molecular weight is 401 g/mol. The lowest BCUT2D eigenvalue weighted by atomic mass is 9.92. The highest BCUT2D eigenvalue weighted by Gasteiger charge is 2.30. The van der Waals surface area contributed by atoms with E-state index in [2.05, 4.69) is 40.1 Å². The van der Waals surface area contributed by atoms with Crippen LogP contribution in [0.4, 0.5) is 5.69 Å². The Hall–Kier alpha value is -2.66. The highest BCUT2D eigenvalue weighted by atomic mass is 16.1. The van der Waals surface area contributed by atoms with E-state index in [9.17, 15) is 4.79 Å². The van der Waals surface area contributed by atoms with Crippen molar-refractivity contribution in [3.8, 4) is 11.4 Å². The highest BCUT2D eigenvalue weighted by Crippen LogP contribution is 2.35. The van der Waals surface area contributed by atoms with Crippen molar-refractivity contribution in [2.75, 3.05) is 31.1 Å². The summed E-state index contributed by atoms with van der Waals surface area (Å²) in [7, 11) is 0. The Morgan fingerprint density at radius 3 is 2.37 bits per heavy atom. The molecule has 7 rings (SSSR count). The number of nitrogens with zero attached hydrogens (tertiary/aromatic N) is 4. The van der Waals surface area contributed by atoms with Crippen LogP contribution >= 0.6 is 0 Å². The van der Waals surface area contributed by atoms with E-state index in [-0.39, 0.29) is 11.6 Å². The fourth-order valence-corrected chi connectivity index (χ4v) is 5.37. The molecule has 0 amide bonds. The first-order valence-electron chi connectivity index (χ1n) is 11.4. The van der Waals surface area contributed by atoms with Crippen molar-refractivity contribution < 1.29 is 0 Å². The summed E-state index contributed by atoms with van der Waals surface area (Å²) < 4.78 is 1.98.